The van der Waals surface area contributed by atoms with Gasteiger partial charge in [-0.15, -0.1) is 0 Å². The summed E-state index contributed by atoms with van der Waals surface area (Å²) in [5, 5.41) is 3.76. The summed E-state index contributed by atoms with van der Waals surface area (Å²) in [4.78, 5) is 24.2. The largest absolute Gasteiger partial charge is 0.465 e. The summed E-state index contributed by atoms with van der Waals surface area (Å²) in [5.41, 5.74) is 1.64. The number of nitrogens with one attached hydrogen (secondary N) is 1. The van der Waals surface area contributed by atoms with Crippen LogP contribution in [-0.2, 0) is 16.0 Å². The van der Waals surface area contributed by atoms with Gasteiger partial charge in [0.05, 0.1) is 31.9 Å². The smallest absolute Gasteiger partial charge is 0.337 e. The summed E-state index contributed by atoms with van der Waals surface area (Å²) in [6.45, 7) is 3.00. The van der Waals surface area contributed by atoms with Crippen LogP contribution in [0.1, 0.15) is 71.9 Å². The van der Waals surface area contributed by atoms with Crippen molar-refractivity contribution in [3.05, 3.63) is 47.2 Å². The second kappa shape index (κ2) is 8.64. The average Bonchev–Trinajstić information content (AvgIpc) is 3.29. The molecular formula is C27H33NO5. The van der Waals surface area contributed by atoms with Crippen molar-refractivity contribution in [2.45, 2.75) is 58.0 Å². The Labute approximate surface area is 195 Å². The molecule has 1 aromatic carbocycles. The maximum absolute atomic E-state index is 12.1. The van der Waals surface area contributed by atoms with Crippen molar-refractivity contribution in [3.8, 4) is 11.3 Å². The molecule has 6 nitrogen and oxygen atoms in total. The Hall–Kier alpha value is -2.60. The number of methoxy groups -OCH3 is 2. The van der Waals surface area contributed by atoms with E-state index in [0.29, 0.717) is 29.3 Å². The molecule has 2 aromatic rings. The van der Waals surface area contributed by atoms with E-state index < -0.39 is 11.9 Å². The highest BCUT2D eigenvalue weighted by Gasteiger charge is 2.52. The van der Waals surface area contributed by atoms with Crippen molar-refractivity contribution >= 4 is 11.9 Å². The number of hydrogen-bond acceptors (Lipinski definition) is 6. The number of rotatable bonds is 7. The molecular weight excluding hydrogens is 418 g/mol. The highest BCUT2D eigenvalue weighted by atomic mass is 16.5. The first-order chi connectivity index (χ1) is 15.9. The molecule has 1 unspecified atom stereocenters. The van der Waals surface area contributed by atoms with Crippen LogP contribution in [0.25, 0.3) is 11.3 Å². The zero-order valence-corrected chi connectivity index (χ0v) is 19.7. The Morgan fingerprint density at radius 1 is 0.970 bits per heavy atom. The number of esters is 2. The van der Waals surface area contributed by atoms with Gasteiger partial charge in [-0.3, -0.25) is 0 Å². The van der Waals surface area contributed by atoms with E-state index in [9.17, 15) is 9.59 Å². The maximum atomic E-state index is 12.1. The van der Waals surface area contributed by atoms with Gasteiger partial charge in [-0.05, 0) is 98.9 Å². The van der Waals surface area contributed by atoms with Crippen molar-refractivity contribution in [1.82, 2.24) is 5.32 Å². The van der Waals surface area contributed by atoms with Crippen LogP contribution in [0.2, 0.25) is 0 Å². The molecule has 4 fully saturated rings. The summed E-state index contributed by atoms with van der Waals surface area (Å²) in [7, 11) is 2.63. The number of furan rings is 1. The molecule has 1 aromatic heterocycles. The molecule has 33 heavy (non-hydrogen) atoms. The summed E-state index contributed by atoms with van der Waals surface area (Å²) in [6.07, 6.45) is 8.46. The Balaban J connectivity index is 1.30. The number of carbonyl (C=O) groups excluding carboxylic acids is 2. The molecule has 4 aliphatic rings. The van der Waals surface area contributed by atoms with E-state index >= 15 is 0 Å². The second-order valence-electron chi connectivity index (χ2n) is 10.4. The third-order valence-corrected chi connectivity index (χ3v) is 8.31. The molecule has 176 valence electrons. The van der Waals surface area contributed by atoms with Gasteiger partial charge in [-0.2, -0.15) is 0 Å². The minimum absolute atomic E-state index is 0.280. The van der Waals surface area contributed by atoms with Gasteiger partial charge in [0, 0.05) is 11.6 Å². The van der Waals surface area contributed by atoms with Crippen molar-refractivity contribution in [1.29, 1.82) is 0 Å². The van der Waals surface area contributed by atoms with Crippen LogP contribution >= 0.6 is 0 Å². The van der Waals surface area contributed by atoms with Gasteiger partial charge >= 0.3 is 11.9 Å². The number of ether oxygens (including phenoxy) is 2. The summed E-state index contributed by atoms with van der Waals surface area (Å²) in [5.74, 6) is 3.21. The minimum Gasteiger partial charge on any atom is -0.465 e. The fourth-order valence-electron chi connectivity index (χ4n) is 7.05. The fraction of sp³-hybridized carbons (Fsp3) is 0.556. The predicted molar refractivity (Wildman–Crippen MR) is 124 cm³/mol. The molecule has 6 rings (SSSR count). The minimum atomic E-state index is -0.514. The van der Waals surface area contributed by atoms with Gasteiger partial charge in [-0.25, -0.2) is 9.59 Å². The first-order valence-corrected chi connectivity index (χ1v) is 12.0. The summed E-state index contributed by atoms with van der Waals surface area (Å²) >= 11 is 0. The topological polar surface area (TPSA) is 77.8 Å². The van der Waals surface area contributed by atoms with Gasteiger partial charge in [0.25, 0.3) is 0 Å². The Morgan fingerprint density at radius 2 is 1.52 bits per heavy atom. The zero-order chi connectivity index (χ0) is 23.2. The lowest BCUT2D eigenvalue weighted by atomic mass is 9.48. The van der Waals surface area contributed by atoms with E-state index in [1.54, 1.807) is 12.1 Å². The standard InChI is InChI=1S/C27H33NO5/c1-16(27-12-17-6-18(13-27)8-19(7-17)14-27)28-15-23-4-5-24(33-23)20-9-21(25(29)31-2)11-22(10-20)26(30)32-3/h4-5,9-11,16-19,28H,6-8,12-15H2,1-3H3. The third-order valence-electron chi connectivity index (χ3n) is 8.31. The molecule has 0 aliphatic heterocycles. The second-order valence-corrected chi connectivity index (χ2v) is 10.4. The average molecular weight is 452 g/mol. The van der Waals surface area contributed by atoms with Gasteiger partial charge in [0.15, 0.2) is 0 Å². The van der Waals surface area contributed by atoms with E-state index in [2.05, 4.69) is 12.2 Å². The molecule has 4 bridgehead atoms. The SMILES string of the molecule is COC(=O)c1cc(C(=O)OC)cc(-c2ccc(CNC(C)C34CC5CC(CC(C5)C3)C4)o2)c1. The first kappa shape index (κ1) is 22.2. The Morgan fingerprint density at radius 3 is 2.03 bits per heavy atom. The van der Waals surface area contributed by atoms with Crippen LogP contribution < -0.4 is 5.32 Å². The lowest BCUT2D eigenvalue weighted by molar-refractivity contribution is -0.0708. The molecule has 4 aliphatic carbocycles. The van der Waals surface area contributed by atoms with Crippen LogP contribution in [0, 0.1) is 23.2 Å². The van der Waals surface area contributed by atoms with Crippen molar-refractivity contribution in [2.75, 3.05) is 14.2 Å². The molecule has 0 saturated heterocycles. The van der Waals surface area contributed by atoms with Crippen molar-refractivity contribution in [2.24, 2.45) is 23.2 Å². The number of carbonyl (C=O) groups is 2. The molecule has 1 N–H and O–H groups in total. The number of benzene rings is 1. The van der Waals surface area contributed by atoms with E-state index in [0.717, 1.165) is 23.5 Å². The molecule has 0 radical (unpaired) electrons. The Kier molecular flexibility index (Phi) is 5.81. The maximum Gasteiger partial charge on any atom is 0.337 e. The molecule has 6 heteroatoms. The van der Waals surface area contributed by atoms with Crippen LogP contribution in [0.15, 0.2) is 34.7 Å². The molecule has 4 saturated carbocycles. The van der Waals surface area contributed by atoms with Gasteiger partial charge in [0.2, 0.25) is 0 Å². The predicted octanol–water partition coefficient (Wildman–Crippen LogP) is 5.21. The van der Waals surface area contributed by atoms with E-state index in [1.165, 1.54) is 58.8 Å². The van der Waals surface area contributed by atoms with E-state index in [1.807, 2.05) is 12.1 Å². The van der Waals surface area contributed by atoms with Gasteiger partial charge < -0.3 is 19.2 Å². The van der Waals surface area contributed by atoms with Gasteiger partial charge in [0.1, 0.15) is 11.5 Å². The molecule has 1 heterocycles. The van der Waals surface area contributed by atoms with Gasteiger partial charge in [-0.1, -0.05) is 0 Å². The zero-order valence-electron chi connectivity index (χ0n) is 19.7. The van der Waals surface area contributed by atoms with E-state index in [-0.39, 0.29) is 11.1 Å². The van der Waals surface area contributed by atoms with Crippen LogP contribution in [0.4, 0.5) is 0 Å². The fourth-order valence-corrected chi connectivity index (χ4v) is 7.05. The van der Waals surface area contributed by atoms with Crippen molar-refractivity contribution < 1.29 is 23.5 Å². The summed E-state index contributed by atoms with van der Waals surface area (Å²) in [6, 6.07) is 9.10. The molecule has 1 atom stereocenters. The Bertz CT molecular complexity index is 985. The monoisotopic (exact) mass is 451 g/mol. The highest BCUT2D eigenvalue weighted by Crippen LogP contribution is 2.61. The van der Waals surface area contributed by atoms with Crippen LogP contribution in [-0.4, -0.2) is 32.2 Å². The lowest BCUT2D eigenvalue weighted by Gasteiger charge is -2.59. The summed E-state index contributed by atoms with van der Waals surface area (Å²) < 4.78 is 15.8. The molecule has 0 amide bonds. The van der Waals surface area contributed by atoms with Crippen LogP contribution in [0.3, 0.4) is 0 Å². The third kappa shape index (κ3) is 4.21. The highest BCUT2D eigenvalue weighted by molar-refractivity contribution is 5.97. The normalized spacial score (nSPS) is 28.5. The molecule has 0 spiro atoms. The number of hydrogen-bond donors (Lipinski definition) is 1. The quantitative estimate of drug-likeness (QED) is 0.582. The van der Waals surface area contributed by atoms with Crippen molar-refractivity contribution in [3.63, 3.8) is 0 Å². The van der Waals surface area contributed by atoms with Crippen LogP contribution in [0.5, 0.6) is 0 Å². The first-order valence-electron chi connectivity index (χ1n) is 12.0. The lowest BCUT2D eigenvalue weighted by Crippen LogP contribution is -2.54. The van der Waals surface area contributed by atoms with E-state index in [4.69, 9.17) is 13.9 Å².